The van der Waals surface area contributed by atoms with Gasteiger partial charge in [-0.2, -0.15) is 0 Å². The number of hydrogen-bond acceptors (Lipinski definition) is 4. The van der Waals surface area contributed by atoms with Crippen LogP contribution in [0.1, 0.15) is 37.4 Å². The van der Waals surface area contributed by atoms with Gasteiger partial charge in [0.1, 0.15) is 11.8 Å². The number of nitrogens with zero attached hydrogens (tertiary/aromatic N) is 1. The van der Waals surface area contributed by atoms with E-state index < -0.39 is 16.1 Å². The van der Waals surface area contributed by atoms with Crippen molar-refractivity contribution in [1.82, 2.24) is 5.32 Å². The van der Waals surface area contributed by atoms with Crippen molar-refractivity contribution in [2.24, 2.45) is 0 Å². The summed E-state index contributed by atoms with van der Waals surface area (Å²) in [6.07, 6.45) is 1.46. The van der Waals surface area contributed by atoms with Crippen molar-refractivity contribution < 1.29 is 17.9 Å². The molecule has 0 saturated carbocycles. The molecule has 2 atom stereocenters. The third kappa shape index (κ3) is 5.04. The molecule has 0 saturated heterocycles. The highest BCUT2D eigenvalue weighted by Gasteiger charge is 2.32. The molecule has 2 rings (SSSR count). The van der Waals surface area contributed by atoms with Crippen LogP contribution in [0.15, 0.2) is 48.5 Å². The van der Waals surface area contributed by atoms with Crippen LogP contribution in [-0.4, -0.2) is 33.7 Å². The second-order valence-electron chi connectivity index (χ2n) is 6.79. The van der Waals surface area contributed by atoms with Crippen LogP contribution >= 0.6 is 0 Å². The summed E-state index contributed by atoms with van der Waals surface area (Å²) in [4.78, 5) is 13.0. The van der Waals surface area contributed by atoms with Crippen LogP contribution in [0.5, 0.6) is 5.75 Å². The minimum atomic E-state index is -3.66. The highest BCUT2D eigenvalue weighted by Crippen LogP contribution is 2.26. The van der Waals surface area contributed by atoms with Gasteiger partial charge in [-0.3, -0.25) is 9.10 Å². The lowest BCUT2D eigenvalue weighted by molar-refractivity contribution is -0.122. The molecule has 0 spiro atoms. The summed E-state index contributed by atoms with van der Waals surface area (Å²) in [5.74, 6) is 0.315. The number of methoxy groups -OCH3 is 1. The Hall–Kier alpha value is -2.54. The van der Waals surface area contributed by atoms with Crippen molar-refractivity contribution in [3.8, 4) is 5.75 Å². The number of carbonyl (C=O) groups excluding carboxylic acids is 1. The molecule has 6 nitrogen and oxygen atoms in total. The number of amides is 1. The van der Waals surface area contributed by atoms with Gasteiger partial charge in [0.05, 0.1) is 25.1 Å². The lowest BCUT2D eigenvalue weighted by atomic mass is 10.1. The molecule has 0 aliphatic carbocycles. The molecule has 0 unspecified atom stereocenters. The standard InChI is InChI=1S/C21H28N2O4S/c1-6-19(23(28(5,25)26)17-11-9-10-15(2)14-17)21(24)22-16(3)18-12-7-8-13-20(18)27-4/h7-14,16,19H,6H2,1-5H3,(H,22,24)/t16-,19-/m0/s1. The van der Waals surface area contributed by atoms with E-state index in [2.05, 4.69) is 5.32 Å². The predicted molar refractivity (Wildman–Crippen MR) is 112 cm³/mol. The van der Waals surface area contributed by atoms with Crippen molar-refractivity contribution in [3.63, 3.8) is 0 Å². The summed E-state index contributed by atoms with van der Waals surface area (Å²) < 4.78 is 31.6. The average Bonchev–Trinajstić information content (AvgIpc) is 2.64. The first-order valence-electron chi connectivity index (χ1n) is 9.18. The SMILES string of the molecule is CC[C@@H](C(=O)N[C@@H](C)c1ccccc1OC)N(c1cccc(C)c1)S(C)(=O)=O. The Morgan fingerprint density at radius 3 is 2.43 bits per heavy atom. The van der Waals surface area contributed by atoms with Crippen molar-refractivity contribution in [1.29, 1.82) is 0 Å². The summed E-state index contributed by atoms with van der Waals surface area (Å²) >= 11 is 0. The molecule has 0 aliphatic heterocycles. The molecule has 1 amide bonds. The third-order valence-corrected chi connectivity index (χ3v) is 5.73. The first kappa shape index (κ1) is 21.8. The fraction of sp³-hybridized carbons (Fsp3) is 0.381. The maximum absolute atomic E-state index is 13.0. The summed E-state index contributed by atoms with van der Waals surface area (Å²) in [5, 5.41) is 2.93. The second kappa shape index (κ2) is 9.10. The lowest BCUT2D eigenvalue weighted by Gasteiger charge is -2.31. The fourth-order valence-electron chi connectivity index (χ4n) is 3.24. The molecule has 0 fully saturated rings. The van der Waals surface area contributed by atoms with Gasteiger partial charge in [-0.1, -0.05) is 37.3 Å². The topological polar surface area (TPSA) is 75.7 Å². The first-order valence-corrected chi connectivity index (χ1v) is 11.0. The Bertz CT molecular complexity index is 928. The van der Waals surface area contributed by atoms with E-state index in [1.165, 1.54) is 4.31 Å². The van der Waals surface area contributed by atoms with Crippen molar-refractivity contribution in [3.05, 3.63) is 59.7 Å². The number of anilines is 1. The van der Waals surface area contributed by atoms with Gasteiger partial charge >= 0.3 is 0 Å². The number of nitrogens with one attached hydrogen (secondary N) is 1. The van der Waals surface area contributed by atoms with Crippen molar-refractivity contribution >= 4 is 21.6 Å². The van der Waals surface area contributed by atoms with Gasteiger partial charge in [-0.25, -0.2) is 8.42 Å². The number of hydrogen-bond donors (Lipinski definition) is 1. The largest absolute Gasteiger partial charge is 0.496 e. The van der Waals surface area contributed by atoms with Crippen LogP contribution in [0.4, 0.5) is 5.69 Å². The normalized spacial score (nSPS) is 13.5. The zero-order chi connectivity index (χ0) is 20.9. The molecule has 28 heavy (non-hydrogen) atoms. The molecule has 0 aromatic heterocycles. The molecule has 0 aliphatic rings. The van der Waals surface area contributed by atoms with E-state index in [1.54, 1.807) is 32.2 Å². The zero-order valence-electron chi connectivity index (χ0n) is 17.0. The van der Waals surface area contributed by atoms with Crippen molar-refractivity contribution in [2.45, 2.75) is 39.3 Å². The first-order chi connectivity index (χ1) is 13.2. The summed E-state index contributed by atoms with van der Waals surface area (Å²) in [5.41, 5.74) is 2.23. The number of rotatable bonds is 8. The van der Waals surface area contributed by atoms with E-state index in [0.29, 0.717) is 17.9 Å². The van der Waals surface area contributed by atoms with Crippen LogP contribution in [0.2, 0.25) is 0 Å². The van der Waals surface area contributed by atoms with E-state index in [4.69, 9.17) is 4.74 Å². The van der Waals surface area contributed by atoms with Gasteiger partial charge in [0.25, 0.3) is 0 Å². The van der Waals surface area contributed by atoms with Crippen LogP contribution in [0, 0.1) is 6.92 Å². The minimum absolute atomic E-state index is 0.336. The Morgan fingerprint density at radius 1 is 1.18 bits per heavy atom. The molecule has 7 heteroatoms. The number of aryl methyl sites for hydroxylation is 1. The molecule has 1 N–H and O–H groups in total. The van der Waals surface area contributed by atoms with Crippen LogP contribution in [0.3, 0.4) is 0 Å². The van der Waals surface area contributed by atoms with Gasteiger partial charge in [-0.05, 0) is 44.0 Å². The predicted octanol–water partition coefficient (Wildman–Crippen LogP) is 3.43. The van der Waals surface area contributed by atoms with Crippen LogP contribution in [-0.2, 0) is 14.8 Å². The molecular formula is C21H28N2O4S. The van der Waals surface area contributed by atoms with Gasteiger partial charge in [-0.15, -0.1) is 0 Å². The number of ether oxygens (including phenoxy) is 1. The van der Waals surface area contributed by atoms with Gasteiger partial charge in [0, 0.05) is 5.56 Å². The van der Waals surface area contributed by atoms with Gasteiger partial charge in [0.15, 0.2) is 0 Å². The summed E-state index contributed by atoms with van der Waals surface area (Å²) in [7, 11) is -2.08. The smallest absolute Gasteiger partial charge is 0.244 e. The Kier molecular flexibility index (Phi) is 7.07. The van der Waals surface area contributed by atoms with E-state index in [1.807, 2.05) is 44.2 Å². The fourth-order valence-corrected chi connectivity index (χ4v) is 4.44. The molecule has 0 radical (unpaired) electrons. The molecular weight excluding hydrogens is 376 g/mol. The maximum atomic E-state index is 13.0. The average molecular weight is 405 g/mol. The minimum Gasteiger partial charge on any atom is -0.496 e. The molecule has 152 valence electrons. The summed E-state index contributed by atoms with van der Waals surface area (Å²) in [6, 6.07) is 13.4. The lowest BCUT2D eigenvalue weighted by Crippen LogP contribution is -2.49. The number of para-hydroxylation sites is 1. The second-order valence-corrected chi connectivity index (χ2v) is 8.65. The monoisotopic (exact) mass is 404 g/mol. The molecule has 0 heterocycles. The molecule has 2 aromatic carbocycles. The number of carbonyl (C=O) groups is 1. The van der Waals surface area contributed by atoms with Gasteiger partial charge < -0.3 is 10.1 Å². The maximum Gasteiger partial charge on any atom is 0.244 e. The highest BCUT2D eigenvalue weighted by atomic mass is 32.2. The number of sulfonamides is 1. The Labute approximate surface area is 167 Å². The molecule has 2 aromatic rings. The van der Waals surface area contributed by atoms with Crippen LogP contribution in [0.25, 0.3) is 0 Å². The summed E-state index contributed by atoms with van der Waals surface area (Å²) in [6.45, 7) is 5.53. The van der Waals surface area contributed by atoms with E-state index in [-0.39, 0.29) is 11.9 Å². The van der Waals surface area contributed by atoms with E-state index >= 15 is 0 Å². The third-order valence-electron chi connectivity index (χ3n) is 4.55. The zero-order valence-corrected chi connectivity index (χ0v) is 17.8. The quantitative estimate of drug-likeness (QED) is 0.731. The Balaban J connectivity index is 2.34. The van der Waals surface area contributed by atoms with Gasteiger partial charge in [0.2, 0.25) is 15.9 Å². The Morgan fingerprint density at radius 2 is 1.86 bits per heavy atom. The number of benzene rings is 2. The molecule has 0 bridgehead atoms. The highest BCUT2D eigenvalue weighted by molar-refractivity contribution is 7.92. The van der Waals surface area contributed by atoms with E-state index in [0.717, 1.165) is 17.4 Å². The van der Waals surface area contributed by atoms with E-state index in [9.17, 15) is 13.2 Å². The van der Waals surface area contributed by atoms with Crippen molar-refractivity contribution in [2.75, 3.05) is 17.7 Å². The van der Waals surface area contributed by atoms with Crippen LogP contribution < -0.4 is 14.4 Å².